The van der Waals surface area contributed by atoms with Crippen LogP contribution in [-0.2, 0) is 4.79 Å². The standard InChI is InChI=1S/C17H20N4OS2/c22-16(19-18-14-7-3-1-4-8-14)11-20-12-21(17(23)24-13-20)15-9-5-2-6-10-15/h1-10,17-18,23H,11-13H2,(H,19,22). The van der Waals surface area contributed by atoms with Gasteiger partial charge in [-0.25, -0.2) is 0 Å². The average Bonchev–Trinajstić information content (AvgIpc) is 2.63. The van der Waals surface area contributed by atoms with Crippen LogP contribution in [0, 0.1) is 0 Å². The third-order valence-electron chi connectivity index (χ3n) is 3.60. The summed E-state index contributed by atoms with van der Waals surface area (Å²) >= 11 is 6.34. The maximum Gasteiger partial charge on any atom is 0.252 e. The van der Waals surface area contributed by atoms with Gasteiger partial charge in [-0.2, -0.15) is 0 Å². The molecule has 1 saturated heterocycles. The second-order valence-corrected chi connectivity index (χ2v) is 7.31. The second kappa shape index (κ2) is 8.32. The lowest BCUT2D eigenvalue weighted by molar-refractivity contribution is -0.121. The zero-order valence-electron chi connectivity index (χ0n) is 13.1. The van der Waals surface area contributed by atoms with Crippen LogP contribution in [0.2, 0.25) is 0 Å². The molecule has 1 amide bonds. The number of amides is 1. The molecular formula is C17H20N4OS2. The molecular weight excluding hydrogens is 340 g/mol. The van der Waals surface area contributed by atoms with E-state index in [1.54, 1.807) is 11.8 Å². The molecule has 5 nitrogen and oxygen atoms in total. The molecule has 2 N–H and O–H groups in total. The van der Waals surface area contributed by atoms with Crippen LogP contribution in [0.25, 0.3) is 0 Å². The molecule has 3 rings (SSSR count). The van der Waals surface area contributed by atoms with E-state index in [1.165, 1.54) is 0 Å². The fraction of sp³-hybridized carbons (Fsp3) is 0.235. The smallest absolute Gasteiger partial charge is 0.252 e. The molecule has 0 spiro atoms. The van der Waals surface area contributed by atoms with Gasteiger partial charge < -0.3 is 4.90 Å². The van der Waals surface area contributed by atoms with E-state index in [9.17, 15) is 4.79 Å². The minimum atomic E-state index is -0.0647. The van der Waals surface area contributed by atoms with Gasteiger partial charge >= 0.3 is 0 Å². The van der Waals surface area contributed by atoms with Gasteiger partial charge in [0, 0.05) is 11.6 Å². The van der Waals surface area contributed by atoms with Gasteiger partial charge in [0.2, 0.25) is 0 Å². The highest BCUT2D eigenvalue weighted by molar-refractivity contribution is 8.10. The first kappa shape index (κ1) is 17.0. The molecule has 1 aliphatic rings. The molecule has 0 bridgehead atoms. The van der Waals surface area contributed by atoms with E-state index >= 15 is 0 Å². The molecule has 0 saturated carbocycles. The lowest BCUT2D eigenvalue weighted by Crippen LogP contribution is -2.49. The number of anilines is 2. The fourth-order valence-corrected chi connectivity index (χ4v) is 3.71. The van der Waals surface area contributed by atoms with Crippen molar-refractivity contribution >= 4 is 41.7 Å². The number of nitrogens with one attached hydrogen (secondary N) is 2. The SMILES string of the molecule is O=C(CN1CSC(S)N(c2ccccc2)C1)NNc1ccccc1. The van der Waals surface area contributed by atoms with Gasteiger partial charge in [0.25, 0.3) is 5.91 Å². The van der Waals surface area contributed by atoms with E-state index in [4.69, 9.17) is 0 Å². The largest absolute Gasteiger partial charge is 0.338 e. The number of para-hydroxylation sites is 2. The molecule has 7 heteroatoms. The summed E-state index contributed by atoms with van der Waals surface area (Å²) in [7, 11) is 0. The number of hydrogen-bond donors (Lipinski definition) is 3. The first-order valence-corrected chi connectivity index (χ1v) is 9.22. The third-order valence-corrected chi connectivity index (χ3v) is 5.39. The second-order valence-electron chi connectivity index (χ2n) is 5.44. The Morgan fingerprint density at radius 3 is 2.50 bits per heavy atom. The first-order chi connectivity index (χ1) is 11.7. The number of thioether (sulfide) groups is 1. The Morgan fingerprint density at radius 2 is 1.79 bits per heavy atom. The van der Waals surface area contributed by atoms with Crippen molar-refractivity contribution in [2.75, 3.05) is 29.4 Å². The monoisotopic (exact) mass is 360 g/mol. The summed E-state index contributed by atoms with van der Waals surface area (Å²) in [6.45, 7) is 1.00. The van der Waals surface area contributed by atoms with E-state index in [0.717, 1.165) is 17.3 Å². The van der Waals surface area contributed by atoms with Gasteiger partial charge in [-0.3, -0.25) is 20.5 Å². The number of nitrogens with zero attached hydrogens (tertiary/aromatic N) is 2. The Balaban J connectivity index is 1.52. The summed E-state index contributed by atoms with van der Waals surface area (Å²) in [5.41, 5.74) is 7.63. The van der Waals surface area contributed by atoms with Gasteiger partial charge in [0.05, 0.1) is 18.9 Å². The highest BCUT2D eigenvalue weighted by Crippen LogP contribution is 2.30. The van der Waals surface area contributed by atoms with Gasteiger partial charge in [-0.15, -0.1) is 24.4 Å². The van der Waals surface area contributed by atoms with Crippen molar-refractivity contribution in [3.05, 3.63) is 60.7 Å². The Bertz CT molecular complexity index is 656. The van der Waals surface area contributed by atoms with Crippen LogP contribution in [0.4, 0.5) is 11.4 Å². The number of carbonyl (C=O) groups excluding carboxylic acids is 1. The molecule has 1 unspecified atom stereocenters. The number of hydrazine groups is 1. The van der Waals surface area contributed by atoms with E-state index in [1.807, 2.05) is 48.5 Å². The lowest BCUT2D eigenvalue weighted by atomic mass is 10.3. The molecule has 24 heavy (non-hydrogen) atoms. The molecule has 1 heterocycles. The van der Waals surface area contributed by atoms with Crippen molar-refractivity contribution < 1.29 is 4.79 Å². The zero-order valence-corrected chi connectivity index (χ0v) is 14.8. The molecule has 1 atom stereocenters. The quantitative estimate of drug-likeness (QED) is 0.565. The maximum atomic E-state index is 12.1. The van der Waals surface area contributed by atoms with Gasteiger partial charge in [0.1, 0.15) is 4.71 Å². The van der Waals surface area contributed by atoms with Crippen LogP contribution >= 0.6 is 24.4 Å². The highest BCUT2D eigenvalue weighted by Gasteiger charge is 2.26. The van der Waals surface area contributed by atoms with Crippen molar-refractivity contribution in [2.45, 2.75) is 4.71 Å². The molecule has 0 aromatic heterocycles. The molecule has 0 aliphatic carbocycles. The Labute approximate surface area is 151 Å². The highest BCUT2D eigenvalue weighted by atomic mass is 32.2. The van der Waals surface area contributed by atoms with Gasteiger partial charge in [-0.05, 0) is 24.3 Å². The van der Waals surface area contributed by atoms with Crippen LogP contribution in [0.15, 0.2) is 60.7 Å². The van der Waals surface area contributed by atoms with Crippen LogP contribution in [0.1, 0.15) is 0 Å². The average molecular weight is 361 g/mol. The summed E-state index contributed by atoms with van der Waals surface area (Å²) in [6.07, 6.45) is 0. The molecule has 1 fully saturated rings. The summed E-state index contributed by atoms with van der Waals surface area (Å²) in [5, 5.41) is 0. The van der Waals surface area contributed by atoms with E-state index in [0.29, 0.717) is 13.2 Å². The number of thiol groups is 1. The van der Waals surface area contributed by atoms with E-state index in [2.05, 4.69) is 45.4 Å². The van der Waals surface area contributed by atoms with Gasteiger partial charge in [0.15, 0.2) is 0 Å². The van der Waals surface area contributed by atoms with E-state index < -0.39 is 0 Å². The molecule has 0 radical (unpaired) electrons. The predicted octanol–water partition coefficient (Wildman–Crippen LogP) is 2.81. The Kier molecular flexibility index (Phi) is 5.90. The zero-order chi connectivity index (χ0) is 16.8. The molecule has 2 aromatic carbocycles. The Hall–Kier alpha value is -1.83. The normalized spacial score (nSPS) is 18.2. The van der Waals surface area contributed by atoms with Crippen LogP contribution in [0.5, 0.6) is 0 Å². The van der Waals surface area contributed by atoms with Crippen molar-refractivity contribution in [3.8, 4) is 0 Å². The van der Waals surface area contributed by atoms with E-state index in [-0.39, 0.29) is 10.6 Å². The van der Waals surface area contributed by atoms with Crippen LogP contribution in [0.3, 0.4) is 0 Å². The minimum Gasteiger partial charge on any atom is -0.338 e. The van der Waals surface area contributed by atoms with Gasteiger partial charge in [-0.1, -0.05) is 36.4 Å². The van der Waals surface area contributed by atoms with Crippen molar-refractivity contribution in [1.82, 2.24) is 10.3 Å². The number of rotatable bonds is 5. The fourth-order valence-electron chi connectivity index (χ4n) is 2.42. The summed E-state index contributed by atoms with van der Waals surface area (Å²) < 4.78 is 0.0918. The number of carbonyl (C=O) groups is 1. The molecule has 1 aliphatic heterocycles. The first-order valence-electron chi connectivity index (χ1n) is 7.66. The number of benzene rings is 2. The minimum absolute atomic E-state index is 0.0647. The number of hydrogen-bond acceptors (Lipinski definition) is 6. The maximum absolute atomic E-state index is 12.1. The molecule has 126 valence electrons. The summed E-state index contributed by atoms with van der Waals surface area (Å²) in [5.74, 6) is 0.709. The van der Waals surface area contributed by atoms with Crippen LogP contribution < -0.4 is 15.8 Å². The summed E-state index contributed by atoms with van der Waals surface area (Å²) in [4.78, 5) is 16.4. The lowest BCUT2D eigenvalue weighted by Gasteiger charge is -2.40. The third kappa shape index (κ3) is 4.59. The summed E-state index contributed by atoms with van der Waals surface area (Å²) in [6, 6.07) is 19.7. The predicted molar refractivity (Wildman–Crippen MR) is 104 cm³/mol. The topological polar surface area (TPSA) is 47.6 Å². The molecule has 2 aromatic rings. The van der Waals surface area contributed by atoms with Crippen molar-refractivity contribution in [1.29, 1.82) is 0 Å². The Morgan fingerprint density at radius 1 is 1.12 bits per heavy atom. The van der Waals surface area contributed by atoms with Crippen molar-refractivity contribution in [2.24, 2.45) is 0 Å². The van der Waals surface area contributed by atoms with Crippen molar-refractivity contribution in [3.63, 3.8) is 0 Å². The van der Waals surface area contributed by atoms with Crippen LogP contribution in [-0.4, -0.2) is 34.6 Å².